The van der Waals surface area contributed by atoms with Crippen LogP contribution in [0.1, 0.15) is 91.9 Å². The summed E-state index contributed by atoms with van der Waals surface area (Å²) in [4.78, 5) is 11.6. The van der Waals surface area contributed by atoms with Crippen LogP contribution in [0.25, 0.3) is 0 Å². The van der Waals surface area contributed by atoms with Gasteiger partial charge in [-0.05, 0) is 100 Å². The topological polar surface area (TPSA) is 157 Å². The summed E-state index contributed by atoms with van der Waals surface area (Å²) < 4.78 is 11.5. The fourth-order valence-electron chi connectivity index (χ4n) is 8.29. The van der Waals surface area contributed by atoms with E-state index in [0.29, 0.717) is 24.7 Å². The molecule has 0 aromatic rings. The smallest absolute Gasteiger partial charge is 0.335 e. The third-order valence-electron chi connectivity index (χ3n) is 10.4. The van der Waals surface area contributed by atoms with Crippen LogP contribution >= 0.6 is 0 Å². The van der Waals surface area contributed by atoms with Crippen LogP contribution in [0, 0.1) is 23.2 Å². The largest absolute Gasteiger partial charge is 0.479 e. The van der Waals surface area contributed by atoms with Crippen molar-refractivity contribution in [2.24, 2.45) is 23.2 Å². The van der Waals surface area contributed by atoms with Crippen LogP contribution < -0.4 is 0 Å². The number of aliphatic hydroxyl groups excluding tert-OH is 4. The molecule has 238 valence electrons. The fraction of sp³-hybridized carbons (Fsp3) is 0.788. The van der Waals surface area contributed by atoms with Gasteiger partial charge in [0.15, 0.2) is 12.4 Å². The highest BCUT2D eigenvalue weighted by Gasteiger charge is 2.52. The van der Waals surface area contributed by atoms with E-state index in [4.69, 9.17) is 9.47 Å². The van der Waals surface area contributed by atoms with E-state index in [1.54, 1.807) is 13.8 Å². The number of aliphatic hydroxyl groups is 5. The van der Waals surface area contributed by atoms with Crippen LogP contribution in [0.2, 0.25) is 0 Å². The summed E-state index contributed by atoms with van der Waals surface area (Å²) in [6.45, 7) is 12.1. The second-order valence-electron chi connectivity index (χ2n) is 14.3. The Bertz CT molecular complexity index is 1040. The van der Waals surface area contributed by atoms with Gasteiger partial charge in [0.05, 0.1) is 17.8 Å². The van der Waals surface area contributed by atoms with E-state index < -0.39 is 48.4 Å². The van der Waals surface area contributed by atoms with Crippen LogP contribution in [0.15, 0.2) is 35.5 Å². The molecule has 3 aliphatic carbocycles. The molecule has 1 saturated heterocycles. The first-order chi connectivity index (χ1) is 19.6. The summed E-state index contributed by atoms with van der Waals surface area (Å²) in [5, 5.41) is 61.2. The molecule has 0 spiro atoms. The lowest BCUT2D eigenvalue weighted by Gasteiger charge is -2.45. The highest BCUT2D eigenvalue weighted by molar-refractivity contribution is 5.73. The number of fused-ring (bicyclic) bond motifs is 1. The van der Waals surface area contributed by atoms with Gasteiger partial charge in [-0.15, -0.1) is 0 Å². The maximum absolute atomic E-state index is 11.6. The number of rotatable bonds is 9. The van der Waals surface area contributed by atoms with Crippen LogP contribution in [0.4, 0.5) is 0 Å². The standard InChI is InChI=1S/C33H52O9/c1-18-8-11-22(34)16-21(18)10-9-20-7-6-14-33(5)24(12-13-25(20)33)19(2)15-23(17-32(3,4)40)41-31-28(37)26(35)27(36)29(42-31)30(38)39/h9-10,19,22-29,31,34-37,40H,1,6-8,11-17H2,2-5H3,(H,38,39)/b20-9+,21-10-/t19-,22+,23+,24-,25+,26+,27+,28-,29+,31-,33-/m1/s1. The van der Waals surface area contributed by atoms with Gasteiger partial charge in [0.1, 0.15) is 18.3 Å². The molecule has 0 aromatic carbocycles. The van der Waals surface area contributed by atoms with Gasteiger partial charge in [-0.25, -0.2) is 4.79 Å². The number of ether oxygens (including phenoxy) is 2. The molecule has 4 aliphatic rings. The molecule has 11 atom stereocenters. The van der Waals surface area contributed by atoms with Gasteiger partial charge in [-0.1, -0.05) is 43.7 Å². The molecule has 6 N–H and O–H groups in total. The van der Waals surface area contributed by atoms with Gasteiger partial charge >= 0.3 is 5.97 Å². The predicted octanol–water partition coefficient (Wildman–Crippen LogP) is 3.62. The number of allylic oxidation sites excluding steroid dienone is 4. The number of aliphatic carboxylic acids is 1. The highest BCUT2D eigenvalue weighted by Crippen LogP contribution is 2.60. The quantitative estimate of drug-likeness (QED) is 0.235. The summed E-state index contributed by atoms with van der Waals surface area (Å²) >= 11 is 0. The van der Waals surface area contributed by atoms with Crippen LogP contribution in [-0.4, -0.2) is 85.1 Å². The Morgan fingerprint density at radius 2 is 1.83 bits per heavy atom. The van der Waals surface area contributed by atoms with E-state index in [0.717, 1.165) is 56.1 Å². The first-order valence-electron chi connectivity index (χ1n) is 15.7. The first-order valence-corrected chi connectivity index (χ1v) is 15.7. The molecular weight excluding hydrogens is 540 g/mol. The fourth-order valence-corrected chi connectivity index (χ4v) is 8.29. The molecule has 1 aliphatic heterocycles. The van der Waals surface area contributed by atoms with Crippen molar-refractivity contribution < 1.29 is 44.9 Å². The van der Waals surface area contributed by atoms with Crippen LogP contribution in [-0.2, 0) is 14.3 Å². The minimum absolute atomic E-state index is 0.0972. The molecule has 0 amide bonds. The maximum Gasteiger partial charge on any atom is 0.335 e. The van der Waals surface area contributed by atoms with Crippen molar-refractivity contribution in [3.05, 3.63) is 35.5 Å². The molecule has 0 unspecified atom stereocenters. The second kappa shape index (κ2) is 13.2. The van der Waals surface area contributed by atoms with E-state index in [1.807, 2.05) is 0 Å². The Hall–Kier alpha value is -1.59. The summed E-state index contributed by atoms with van der Waals surface area (Å²) in [6, 6.07) is 0. The van der Waals surface area contributed by atoms with Crippen molar-refractivity contribution in [1.82, 2.24) is 0 Å². The molecule has 4 fully saturated rings. The third-order valence-corrected chi connectivity index (χ3v) is 10.4. The van der Waals surface area contributed by atoms with Crippen molar-refractivity contribution >= 4 is 5.97 Å². The Balaban J connectivity index is 1.49. The predicted molar refractivity (Wildman–Crippen MR) is 157 cm³/mol. The normalized spacial score (nSPS) is 41.1. The van der Waals surface area contributed by atoms with Crippen molar-refractivity contribution in [1.29, 1.82) is 0 Å². The minimum atomic E-state index is -1.79. The van der Waals surface area contributed by atoms with Crippen molar-refractivity contribution in [3.63, 3.8) is 0 Å². The third kappa shape index (κ3) is 7.37. The van der Waals surface area contributed by atoms with Crippen molar-refractivity contribution in [3.8, 4) is 0 Å². The van der Waals surface area contributed by atoms with Gasteiger partial charge in [-0.3, -0.25) is 0 Å². The second-order valence-corrected chi connectivity index (χ2v) is 14.3. The number of hydrogen-bond donors (Lipinski definition) is 6. The minimum Gasteiger partial charge on any atom is -0.479 e. The molecular formula is C33H52O9. The molecule has 42 heavy (non-hydrogen) atoms. The summed E-state index contributed by atoms with van der Waals surface area (Å²) in [7, 11) is 0. The van der Waals surface area contributed by atoms with Gasteiger partial charge in [0.25, 0.3) is 0 Å². The van der Waals surface area contributed by atoms with E-state index in [-0.39, 0.29) is 23.9 Å². The molecule has 1 heterocycles. The molecule has 0 aromatic heterocycles. The monoisotopic (exact) mass is 592 g/mol. The first kappa shape index (κ1) is 33.3. The zero-order valence-corrected chi connectivity index (χ0v) is 25.6. The highest BCUT2D eigenvalue weighted by atomic mass is 16.7. The van der Waals surface area contributed by atoms with E-state index in [1.165, 1.54) is 5.57 Å². The summed E-state index contributed by atoms with van der Waals surface area (Å²) in [6.07, 6.45) is 3.75. The Morgan fingerprint density at radius 1 is 1.12 bits per heavy atom. The molecule has 9 nitrogen and oxygen atoms in total. The number of carboxylic acids is 1. The number of carbonyl (C=O) groups is 1. The Kier molecular flexibility index (Phi) is 10.5. The zero-order valence-electron chi connectivity index (χ0n) is 25.6. The van der Waals surface area contributed by atoms with E-state index in [9.17, 15) is 35.4 Å². The average Bonchev–Trinajstić information content (AvgIpc) is 3.26. The number of carboxylic acid groups (broad SMARTS) is 1. The van der Waals surface area contributed by atoms with E-state index in [2.05, 4.69) is 32.6 Å². The summed E-state index contributed by atoms with van der Waals surface area (Å²) in [5.41, 5.74) is 2.74. The van der Waals surface area contributed by atoms with Crippen LogP contribution in [0.5, 0.6) is 0 Å². The lowest BCUT2D eigenvalue weighted by Crippen LogP contribution is -2.61. The van der Waals surface area contributed by atoms with E-state index >= 15 is 0 Å². The van der Waals surface area contributed by atoms with Crippen molar-refractivity contribution in [2.75, 3.05) is 0 Å². The van der Waals surface area contributed by atoms with Gasteiger partial charge in [0.2, 0.25) is 0 Å². The van der Waals surface area contributed by atoms with Crippen LogP contribution in [0.3, 0.4) is 0 Å². The SMILES string of the molecule is C=C1CC[C@H](O)C/C1=C/C=C1\CCC[C@]2(C)[C@@H]([C@H](C)C[C@@H](CC(C)(C)O)O[C@@H]3O[C@H](C(=O)O)[C@@H](O)[C@H](O)[C@H]3O)CC[C@@H]12. The molecule has 0 radical (unpaired) electrons. The maximum atomic E-state index is 11.6. The molecule has 3 saturated carbocycles. The Morgan fingerprint density at radius 3 is 2.50 bits per heavy atom. The Labute approximate surface area is 249 Å². The number of hydrogen-bond acceptors (Lipinski definition) is 8. The average molecular weight is 593 g/mol. The molecule has 4 rings (SSSR count). The lowest BCUT2D eigenvalue weighted by molar-refractivity contribution is -0.308. The van der Waals surface area contributed by atoms with Gasteiger partial charge < -0.3 is 40.1 Å². The lowest BCUT2D eigenvalue weighted by atomic mass is 9.60. The van der Waals surface area contributed by atoms with Crippen molar-refractivity contribution in [2.45, 2.75) is 140 Å². The zero-order chi connectivity index (χ0) is 31.0. The molecule has 0 bridgehead atoms. The van der Waals surface area contributed by atoms with Gasteiger partial charge in [0, 0.05) is 6.42 Å². The van der Waals surface area contributed by atoms with Gasteiger partial charge in [-0.2, -0.15) is 0 Å². The summed E-state index contributed by atoms with van der Waals surface area (Å²) in [5.74, 6) is -0.401. The molecule has 9 heteroatoms.